The lowest BCUT2D eigenvalue weighted by molar-refractivity contribution is 1.48. The monoisotopic (exact) mass is 507 g/mol. The topological polar surface area (TPSA) is 23.8 Å². The average Bonchev–Trinajstić information content (AvgIpc) is 3.32. The highest BCUT2D eigenvalue weighted by atomic mass is 14.3. The van der Waals surface area contributed by atoms with Crippen LogP contribution in [0.3, 0.4) is 0 Å². The van der Waals surface area contributed by atoms with Crippen LogP contribution in [0.25, 0.3) is 66.9 Å². The Hall–Kier alpha value is -5.45. The number of rotatable bonds is 4. The van der Waals surface area contributed by atoms with Crippen LogP contribution in [0, 0.1) is 11.3 Å². The summed E-state index contributed by atoms with van der Waals surface area (Å²) in [7, 11) is 0. The third-order valence-electron chi connectivity index (χ3n) is 8.01. The highest BCUT2D eigenvalue weighted by molar-refractivity contribution is 6.05. The molecule has 7 rings (SSSR count). The van der Waals surface area contributed by atoms with E-state index in [9.17, 15) is 0 Å². The largest absolute Gasteiger partial charge is 0.192 e. The van der Waals surface area contributed by atoms with Crippen LogP contribution in [0.4, 0.5) is 0 Å². The fourth-order valence-corrected chi connectivity index (χ4v) is 5.93. The first-order chi connectivity index (χ1) is 19.6. The van der Waals surface area contributed by atoms with Crippen molar-refractivity contribution in [3.63, 3.8) is 0 Å². The van der Waals surface area contributed by atoms with Gasteiger partial charge in [-0.3, -0.25) is 0 Å². The van der Waals surface area contributed by atoms with E-state index in [4.69, 9.17) is 5.26 Å². The Bertz CT molecular complexity index is 2020. The van der Waals surface area contributed by atoms with Crippen molar-refractivity contribution in [3.05, 3.63) is 157 Å². The summed E-state index contributed by atoms with van der Waals surface area (Å²) >= 11 is 0. The van der Waals surface area contributed by atoms with E-state index >= 15 is 0 Å². The Kier molecular flexibility index (Phi) is 5.55. The molecule has 1 aliphatic carbocycles. The molecule has 0 saturated heterocycles. The second kappa shape index (κ2) is 9.38. The lowest BCUT2D eigenvalue weighted by Gasteiger charge is -2.14. The van der Waals surface area contributed by atoms with Gasteiger partial charge in [0.1, 0.15) is 0 Å². The van der Waals surface area contributed by atoms with Crippen molar-refractivity contribution in [1.82, 2.24) is 0 Å². The molecule has 6 aromatic rings. The van der Waals surface area contributed by atoms with E-state index in [1.54, 1.807) is 0 Å². The molecular weight excluding hydrogens is 482 g/mol. The maximum atomic E-state index is 9.05. The number of hydrogen-bond donors (Lipinski definition) is 0. The van der Waals surface area contributed by atoms with Gasteiger partial charge in [0.25, 0.3) is 0 Å². The maximum absolute atomic E-state index is 9.05. The van der Waals surface area contributed by atoms with Crippen LogP contribution < -0.4 is 0 Å². The predicted octanol–water partition coefficient (Wildman–Crippen LogP) is 10.4. The van der Waals surface area contributed by atoms with Gasteiger partial charge in [0, 0.05) is 0 Å². The molecule has 0 N–H and O–H groups in total. The second-order valence-electron chi connectivity index (χ2n) is 10.2. The van der Waals surface area contributed by atoms with Gasteiger partial charge in [-0.15, -0.1) is 0 Å². The van der Waals surface area contributed by atoms with Gasteiger partial charge in [-0.25, -0.2) is 0 Å². The van der Waals surface area contributed by atoms with E-state index in [1.807, 2.05) is 30.3 Å². The molecule has 1 heteroatoms. The van der Waals surface area contributed by atoms with Crippen molar-refractivity contribution in [3.8, 4) is 50.6 Å². The van der Waals surface area contributed by atoms with Crippen LogP contribution in [0.15, 0.2) is 134 Å². The van der Waals surface area contributed by atoms with E-state index in [1.165, 1.54) is 55.3 Å². The van der Waals surface area contributed by atoms with Crippen LogP contribution in [0.5, 0.6) is 0 Å². The first-order valence-corrected chi connectivity index (χ1v) is 13.4. The minimum Gasteiger partial charge on any atom is -0.192 e. The van der Waals surface area contributed by atoms with Gasteiger partial charge in [-0.2, -0.15) is 5.26 Å². The third-order valence-corrected chi connectivity index (χ3v) is 8.01. The molecule has 40 heavy (non-hydrogen) atoms. The summed E-state index contributed by atoms with van der Waals surface area (Å²) in [6.45, 7) is 8.62. The molecule has 0 saturated carbocycles. The summed E-state index contributed by atoms with van der Waals surface area (Å²) in [6.07, 6.45) is 1.97. The van der Waals surface area contributed by atoms with Crippen molar-refractivity contribution in [2.45, 2.75) is 0 Å². The summed E-state index contributed by atoms with van der Waals surface area (Å²) in [5, 5.41) is 11.5. The number of nitriles is 1. The van der Waals surface area contributed by atoms with E-state index in [0.29, 0.717) is 5.56 Å². The SMILES string of the molecule is C=Cc1c(-c2ccc3cc(-c4ccc(-c5ccc(C#N)cc5)cc4)ccc3c2)ccc2c1C(=C)c1ccccc1-2. The molecule has 0 unspecified atom stereocenters. The normalized spacial score (nSPS) is 11.6. The molecule has 0 amide bonds. The van der Waals surface area contributed by atoms with Gasteiger partial charge < -0.3 is 0 Å². The molecule has 0 radical (unpaired) electrons. The number of hydrogen-bond acceptors (Lipinski definition) is 1. The van der Waals surface area contributed by atoms with Crippen molar-refractivity contribution < 1.29 is 0 Å². The fraction of sp³-hybridized carbons (Fsp3) is 0. The van der Waals surface area contributed by atoms with Gasteiger partial charge in [0.15, 0.2) is 0 Å². The Labute approximate surface area is 234 Å². The van der Waals surface area contributed by atoms with Crippen LogP contribution >= 0.6 is 0 Å². The van der Waals surface area contributed by atoms with E-state index in [0.717, 1.165) is 22.3 Å². The smallest absolute Gasteiger partial charge is 0.0991 e. The molecular formula is C39H25N. The van der Waals surface area contributed by atoms with Crippen molar-refractivity contribution in [2.24, 2.45) is 0 Å². The summed E-state index contributed by atoms with van der Waals surface area (Å²) in [6, 6.07) is 44.8. The van der Waals surface area contributed by atoms with Crippen LogP contribution in [0.2, 0.25) is 0 Å². The predicted molar refractivity (Wildman–Crippen MR) is 169 cm³/mol. The molecule has 1 nitrogen and oxygen atoms in total. The van der Waals surface area contributed by atoms with Crippen molar-refractivity contribution in [1.29, 1.82) is 5.26 Å². The molecule has 6 aromatic carbocycles. The molecule has 0 aromatic heterocycles. The lowest BCUT2D eigenvalue weighted by Crippen LogP contribution is -1.91. The molecule has 0 atom stereocenters. The number of nitrogens with zero attached hydrogens (tertiary/aromatic N) is 1. The summed E-state index contributed by atoms with van der Waals surface area (Å²) < 4.78 is 0. The molecule has 0 heterocycles. The summed E-state index contributed by atoms with van der Waals surface area (Å²) in [5.74, 6) is 0. The molecule has 0 fully saturated rings. The van der Waals surface area contributed by atoms with Gasteiger partial charge in [0.05, 0.1) is 11.6 Å². The Morgan fingerprint density at radius 2 is 1.05 bits per heavy atom. The van der Waals surface area contributed by atoms with E-state index in [-0.39, 0.29) is 0 Å². The Balaban J connectivity index is 1.22. The second-order valence-corrected chi connectivity index (χ2v) is 10.2. The molecule has 0 bridgehead atoms. The Morgan fingerprint density at radius 1 is 0.525 bits per heavy atom. The molecule has 0 aliphatic heterocycles. The number of fused-ring (bicyclic) bond motifs is 4. The summed E-state index contributed by atoms with van der Waals surface area (Å²) in [4.78, 5) is 0. The first kappa shape index (κ1) is 23.7. The van der Waals surface area contributed by atoms with Gasteiger partial charge >= 0.3 is 0 Å². The molecule has 0 spiro atoms. The van der Waals surface area contributed by atoms with Crippen LogP contribution in [-0.4, -0.2) is 0 Å². The van der Waals surface area contributed by atoms with Crippen molar-refractivity contribution >= 4 is 22.4 Å². The maximum Gasteiger partial charge on any atom is 0.0991 e. The fourth-order valence-electron chi connectivity index (χ4n) is 5.93. The van der Waals surface area contributed by atoms with Crippen molar-refractivity contribution in [2.75, 3.05) is 0 Å². The summed E-state index contributed by atoms with van der Waals surface area (Å²) in [5.41, 5.74) is 14.7. The minimum atomic E-state index is 0.674. The highest BCUT2D eigenvalue weighted by Gasteiger charge is 2.25. The first-order valence-electron chi connectivity index (χ1n) is 13.4. The highest BCUT2D eigenvalue weighted by Crippen LogP contribution is 2.47. The van der Waals surface area contributed by atoms with Gasteiger partial charge in [-0.05, 0) is 102 Å². The Morgan fingerprint density at radius 3 is 1.70 bits per heavy atom. The average molecular weight is 508 g/mol. The lowest BCUT2D eigenvalue weighted by atomic mass is 9.89. The standard InChI is InChI=1S/C39H25N/c1-3-34-36(20-21-38-37-7-5-4-6-35(37)25(2)39(34)38)33-19-18-31-22-30(16-17-32(31)23-33)29-14-12-28(13-15-29)27-10-8-26(24-40)9-11-27/h3-23H,1-2H2. The van der Waals surface area contributed by atoms with Gasteiger partial charge in [0.2, 0.25) is 0 Å². The van der Waals surface area contributed by atoms with Crippen LogP contribution in [-0.2, 0) is 0 Å². The molecule has 186 valence electrons. The van der Waals surface area contributed by atoms with E-state index < -0.39 is 0 Å². The zero-order chi connectivity index (χ0) is 27.2. The quantitative estimate of drug-likeness (QED) is 0.232. The minimum absolute atomic E-state index is 0.674. The molecule has 1 aliphatic rings. The van der Waals surface area contributed by atoms with E-state index in [2.05, 4.69) is 116 Å². The number of benzene rings is 6. The van der Waals surface area contributed by atoms with Crippen LogP contribution in [0.1, 0.15) is 22.3 Å². The third kappa shape index (κ3) is 3.78. The zero-order valence-corrected chi connectivity index (χ0v) is 22.0. The zero-order valence-electron chi connectivity index (χ0n) is 22.0. The van der Waals surface area contributed by atoms with Gasteiger partial charge in [-0.1, -0.05) is 116 Å².